The van der Waals surface area contributed by atoms with Crippen molar-refractivity contribution in [3.63, 3.8) is 0 Å². The van der Waals surface area contributed by atoms with Crippen molar-refractivity contribution in [2.45, 2.75) is 25.7 Å². The van der Waals surface area contributed by atoms with E-state index in [4.69, 9.17) is 9.47 Å². The maximum absolute atomic E-state index is 12.8. The van der Waals surface area contributed by atoms with Gasteiger partial charge in [-0.1, -0.05) is 24.3 Å². The molecule has 10 nitrogen and oxygen atoms in total. The summed E-state index contributed by atoms with van der Waals surface area (Å²) in [6.45, 7) is 3.32. The maximum atomic E-state index is 12.8. The molecular weight excluding hydrogens is 396 g/mol. The van der Waals surface area contributed by atoms with Crippen molar-refractivity contribution in [3.05, 3.63) is 79.9 Å². The first-order valence-electron chi connectivity index (χ1n) is 9.12. The Balaban J connectivity index is 2.59. The van der Waals surface area contributed by atoms with E-state index in [0.29, 0.717) is 11.1 Å². The normalized spacial score (nSPS) is 12.5. The van der Waals surface area contributed by atoms with Crippen LogP contribution in [0.3, 0.4) is 0 Å². The van der Waals surface area contributed by atoms with Crippen molar-refractivity contribution in [1.29, 1.82) is 0 Å². The molecule has 158 valence electrons. The van der Waals surface area contributed by atoms with Gasteiger partial charge in [0.2, 0.25) is 0 Å². The number of nitrogens with zero attached hydrogens (tertiary/aromatic N) is 2. The number of benzene rings is 2. The predicted molar refractivity (Wildman–Crippen MR) is 105 cm³/mol. The van der Waals surface area contributed by atoms with Gasteiger partial charge in [0.05, 0.1) is 34.9 Å². The van der Waals surface area contributed by atoms with E-state index in [1.807, 2.05) is 0 Å². The Morgan fingerprint density at radius 3 is 1.27 bits per heavy atom. The lowest BCUT2D eigenvalue weighted by Crippen LogP contribution is -2.29. The molecule has 0 spiro atoms. The second-order valence-electron chi connectivity index (χ2n) is 6.16. The minimum absolute atomic E-state index is 0.0537. The number of nitro groups is 2. The van der Waals surface area contributed by atoms with Crippen LogP contribution in [0.4, 0.5) is 11.4 Å². The third-order valence-electron chi connectivity index (χ3n) is 4.34. The highest BCUT2D eigenvalue weighted by Crippen LogP contribution is 2.37. The zero-order valence-electron chi connectivity index (χ0n) is 16.3. The van der Waals surface area contributed by atoms with E-state index in [1.165, 1.54) is 48.5 Å². The number of rotatable bonds is 9. The lowest BCUT2D eigenvalue weighted by Gasteiger charge is -2.25. The van der Waals surface area contributed by atoms with Gasteiger partial charge in [0.15, 0.2) is 0 Å². The van der Waals surface area contributed by atoms with Crippen LogP contribution in [0.5, 0.6) is 0 Å². The summed E-state index contributed by atoms with van der Waals surface area (Å²) < 4.78 is 10.3. The third-order valence-corrected chi connectivity index (χ3v) is 4.34. The van der Waals surface area contributed by atoms with Gasteiger partial charge in [-0.25, -0.2) is 0 Å². The molecule has 0 saturated heterocycles. The molecule has 0 aliphatic heterocycles. The van der Waals surface area contributed by atoms with Crippen molar-refractivity contribution < 1.29 is 28.9 Å². The molecule has 0 unspecified atom stereocenters. The molecule has 2 rings (SSSR count). The second-order valence-corrected chi connectivity index (χ2v) is 6.16. The topological polar surface area (TPSA) is 139 Å². The monoisotopic (exact) mass is 416 g/mol. The van der Waals surface area contributed by atoms with Crippen LogP contribution in [0.25, 0.3) is 0 Å². The van der Waals surface area contributed by atoms with Crippen LogP contribution >= 0.6 is 0 Å². The lowest BCUT2D eigenvalue weighted by molar-refractivity contribution is -0.385. The van der Waals surface area contributed by atoms with Crippen LogP contribution < -0.4 is 0 Å². The van der Waals surface area contributed by atoms with Gasteiger partial charge < -0.3 is 9.47 Å². The summed E-state index contributed by atoms with van der Waals surface area (Å²) in [5, 5.41) is 21.9. The molecule has 30 heavy (non-hydrogen) atoms. The maximum Gasteiger partial charge on any atom is 0.314 e. The van der Waals surface area contributed by atoms with Crippen LogP contribution in [0.15, 0.2) is 48.5 Å². The molecule has 0 heterocycles. The minimum Gasteiger partial charge on any atom is -0.465 e. The summed E-state index contributed by atoms with van der Waals surface area (Å²) in [6, 6.07) is 10.4. The van der Waals surface area contributed by atoms with E-state index < -0.39 is 33.6 Å². The summed E-state index contributed by atoms with van der Waals surface area (Å²) in [4.78, 5) is 46.3. The average Bonchev–Trinajstić information content (AvgIpc) is 2.72. The van der Waals surface area contributed by atoms with Crippen LogP contribution in [0, 0.1) is 20.2 Å². The number of carbonyl (C=O) groups excluding carboxylic acids is 2. The van der Waals surface area contributed by atoms with E-state index in [9.17, 15) is 29.8 Å². The standard InChI is InChI=1S/C20H20N2O8/c1-3-29-19(23)17(13-5-9-15(10-6-13)21(25)26)18(20(24)30-4-2)14-7-11-16(12-8-14)22(27)28/h5-12,17-18H,3-4H2,1-2H3/t17-,18-/m0/s1. The smallest absolute Gasteiger partial charge is 0.314 e. The quantitative estimate of drug-likeness (QED) is 0.344. The number of esters is 2. The minimum atomic E-state index is -1.16. The Morgan fingerprint density at radius 2 is 1.03 bits per heavy atom. The SMILES string of the molecule is CCOC(=O)[C@@H](c1ccc([N+](=O)[O-])cc1)[C@@H](C(=O)OCC)c1ccc([N+](=O)[O-])cc1. The second kappa shape index (κ2) is 10.1. The number of ether oxygens (including phenoxy) is 2. The molecule has 0 aliphatic rings. The van der Waals surface area contributed by atoms with E-state index in [2.05, 4.69) is 0 Å². The van der Waals surface area contributed by atoms with E-state index in [1.54, 1.807) is 13.8 Å². The molecule has 0 aromatic heterocycles. The fraction of sp³-hybridized carbons (Fsp3) is 0.300. The van der Waals surface area contributed by atoms with Crippen LogP contribution in [-0.4, -0.2) is 35.0 Å². The first-order valence-corrected chi connectivity index (χ1v) is 9.12. The van der Waals surface area contributed by atoms with E-state index >= 15 is 0 Å². The lowest BCUT2D eigenvalue weighted by atomic mass is 9.81. The highest BCUT2D eigenvalue weighted by molar-refractivity contribution is 5.90. The van der Waals surface area contributed by atoms with Gasteiger partial charge in [0, 0.05) is 24.3 Å². The Kier molecular flexibility index (Phi) is 7.56. The largest absolute Gasteiger partial charge is 0.465 e. The van der Waals surface area contributed by atoms with E-state index in [0.717, 1.165) is 0 Å². The highest BCUT2D eigenvalue weighted by atomic mass is 16.6. The number of hydrogen-bond acceptors (Lipinski definition) is 8. The summed E-state index contributed by atoms with van der Waals surface area (Å²) >= 11 is 0. The number of nitro benzene ring substituents is 2. The van der Waals surface area contributed by atoms with Crippen LogP contribution in [0.2, 0.25) is 0 Å². The molecule has 0 radical (unpaired) electrons. The van der Waals surface area contributed by atoms with Gasteiger partial charge in [-0.05, 0) is 25.0 Å². The van der Waals surface area contributed by atoms with Crippen LogP contribution in [-0.2, 0) is 19.1 Å². The predicted octanol–water partition coefficient (Wildman–Crippen LogP) is 3.50. The van der Waals surface area contributed by atoms with Gasteiger partial charge in [-0.3, -0.25) is 29.8 Å². The third kappa shape index (κ3) is 5.16. The molecule has 2 aromatic rings. The molecule has 0 aliphatic carbocycles. The van der Waals surface area contributed by atoms with Gasteiger partial charge in [0.1, 0.15) is 0 Å². The van der Waals surface area contributed by atoms with Crippen molar-refractivity contribution in [1.82, 2.24) is 0 Å². The molecule has 10 heteroatoms. The first kappa shape index (κ1) is 22.5. The van der Waals surface area contributed by atoms with Crippen molar-refractivity contribution in [2.75, 3.05) is 13.2 Å². The molecule has 2 aromatic carbocycles. The molecular formula is C20H20N2O8. The van der Waals surface area contributed by atoms with E-state index in [-0.39, 0.29) is 24.6 Å². The fourth-order valence-electron chi connectivity index (χ4n) is 3.00. The fourth-order valence-corrected chi connectivity index (χ4v) is 3.00. The summed E-state index contributed by atoms with van der Waals surface area (Å²) in [5.41, 5.74) is 0.277. The molecule has 0 bridgehead atoms. The summed E-state index contributed by atoms with van der Waals surface area (Å²) in [5.74, 6) is -3.76. The Hall–Kier alpha value is -3.82. The van der Waals surface area contributed by atoms with Crippen molar-refractivity contribution in [3.8, 4) is 0 Å². The summed E-state index contributed by atoms with van der Waals surface area (Å²) in [7, 11) is 0. The van der Waals surface area contributed by atoms with Crippen LogP contribution in [0.1, 0.15) is 36.8 Å². The van der Waals surface area contributed by atoms with Crippen molar-refractivity contribution >= 4 is 23.3 Å². The molecule has 0 N–H and O–H groups in total. The first-order chi connectivity index (χ1) is 14.3. The molecule has 0 saturated carbocycles. The Morgan fingerprint density at radius 1 is 0.733 bits per heavy atom. The zero-order chi connectivity index (χ0) is 22.3. The summed E-state index contributed by atoms with van der Waals surface area (Å²) in [6.07, 6.45) is 0. The number of carbonyl (C=O) groups is 2. The van der Waals surface area contributed by atoms with Gasteiger partial charge in [-0.2, -0.15) is 0 Å². The number of hydrogen-bond donors (Lipinski definition) is 0. The average molecular weight is 416 g/mol. The molecule has 2 atom stereocenters. The molecule has 0 amide bonds. The highest BCUT2D eigenvalue weighted by Gasteiger charge is 2.39. The van der Waals surface area contributed by atoms with Gasteiger partial charge in [-0.15, -0.1) is 0 Å². The van der Waals surface area contributed by atoms with Gasteiger partial charge >= 0.3 is 11.9 Å². The van der Waals surface area contributed by atoms with Gasteiger partial charge in [0.25, 0.3) is 11.4 Å². The van der Waals surface area contributed by atoms with Crippen molar-refractivity contribution in [2.24, 2.45) is 0 Å². The Labute approximate surface area is 171 Å². The zero-order valence-corrected chi connectivity index (χ0v) is 16.3. The number of non-ortho nitro benzene ring substituents is 2. The Bertz CT molecular complexity index is 847. The molecule has 0 fully saturated rings.